The third-order valence-electron chi connectivity index (χ3n) is 4.78. The van der Waals surface area contributed by atoms with Gasteiger partial charge in [-0.15, -0.1) is 0 Å². The van der Waals surface area contributed by atoms with Crippen molar-refractivity contribution >= 4 is 29.2 Å². The summed E-state index contributed by atoms with van der Waals surface area (Å²) >= 11 is 0. The van der Waals surface area contributed by atoms with Gasteiger partial charge >= 0.3 is 0 Å². The van der Waals surface area contributed by atoms with Gasteiger partial charge in [0.25, 0.3) is 17.4 Å². The number of aromatic nitrogens is 1. The zero-order valence-corrected chi connectivity index (χ0v) is 14.0. The summed E-state index contributed by atoms with van der Waals surface area (Å²) in [4.78, 5) is 49.9. The van der Waals surface area contributed by atoms with Crippen LogP contribution in [0.3, 0.4) is 0 Å². The molecule has 26 heavy (non-hydrogen) atoms. The largest absolute Gasteiger partial charge is 0.384 e. The number of nitrogens with two attached hydrogens (primary N) is 1. The Morgan fingerprint density at radius 1 is 1.15 bits per heavy atom. The maximum atomic E-state index is 12.5. The summed E-state index contributed by atoms with van der Waals surface area (Å²) in [6.07, 6.45) is 1.71. The quantitative estimate of drug-likeness (QED) is 0.730. The second kappa shape index (κ2) is 5.55. The van der Waals surface area contributed by atoms with E-state index in [0.29, 0.717) is 12.2 Å². The average molecular weight is 352 g/mol. The number of rotatable bonds is 1. The molecule has 8 nitrogen and oxygen atoms in total. The van der Waals surface area contributed by atoms with Crippen LogP contribution in [0.1, 0.15) is 39.6 Å². The van der Waals surface area contributed by atoms with Crippen molar-refractivity contribution in [1.29, 1.82) is 0 Å². The summed E-state index contributed by atoms with van der Waals surface area (Å²) in [7, 11) is 0. The van der Waals surface area contributed by atoms with Gasteiger partial charge in [0.15, 0.2) is 0 Å². The minimum atomic E-state index is -0.630. The lowest BCUT2D eigenvalue weighted by atomic mass is 10.0. The Bertz CT molecular complexity index is 1050. The van der Waals surface area contributed by atoms with Crippen LogP contribution in [0.2, 0.25) is 0 Å². The third-order valence-corrected chi connectivity index (χ3v) is 4.78. The minimum absolute atomic E-state index is 0.00394. The van der Waals surface area contributed by atoms with Crippen molar-refractivity contribution in [2.45, 2.75) is 19.8 Å². The monoisotopic (exact) mass is 352 g/mol. The Kier molecular flexibility index (Phi) is 3.43. The highest BCUT2D eigenvalue weighted by Crippen LogP contribution is 2.31. The maximum absolute atomic E-state index is 12.5. The molecule has 0 radical (unpaired) electrons. The number of amides is 3. The van der Waals surface area contributed by atoms with Gasteiger partial charge in [-0.1, -0.05) is 6.07 Å². The van der Waals surface area contributed by atoms with Crippen LogP contribution in [0.25, 0.3) is 5.69 Å². The lowest BCUT2D eigenvalue weighted by molar-refractivity contribution is -0.116. The zero-order chi connectivity index (χ0) is 18.6. The van der Waals surface area contributed by atoms with Crippen LogP contribution in [0.15, 0.2) is 29.1 Å². The molecule has 0 unspecified atom stereocenters. The van der Waals surface area contributed by atoms with E-state index in [-0.39, 0.29) is 22.9 Å². The Balaban J connectivity index is 1.93. The molecule has 0 saturated heterocycles. The fraction of sp³-hybridized carbons (Fsp3) is 0.222. The summed E-state index contributed by atoms with van der Waals surface area (Å²) in [5.41, 5.74) is 7.70. The number of anilines is 2. The number of hydrogen-bond donors (Lipinski definition) is 2. The summed E-state index contributed by atoms with van der Waals surface area (Å²) in [5.74, 6) is -1.43. The molecule has 0 spiro atoms. The highest BCUT2D eigenvalue weighted by molar-refractivity contribution is 6.23. The molecular formula is C18H16N4O4. The van der Waals surface area contributed by atoms with E-state index >= 15 is 0 Å². The summed E-state index contributed by atoms with van der Waals surface area (Å²) in [5, 5.41) is 2.14. The van der Waals surface area contributed by atoms with E-state index in [1.54, 1.807) is 17.0 Å². The van der Waals surface area contributed by atoms with Gasteiger partial charge in [-0.25, -0.2) is 0 Å². The van der Waals surface area contributed by atoms with Crippen LogP contribution >= 0.6 is 0 Å². The maximum Gasteiger partial charge on any atom is 0.262 e. The highest BCUT2D eigenvalue weighted by atomic mass is 16.2. The van der Waals surface area contributed by atoms with Gasteiger partial charge in [0.1, 0.15) is 5.82 Å². The second-order valence-corrected chi connectivity index (χ2v) is 6.36. The van der Waals surface area contributed by atoms with Crippen molar-refractivity contribution in [3.63, 3.8) is 0 Å². The van der Waals surface area contributed by atoms with Crippen molar-refractivity contribution in [1.82, 2.24) is 9.88 Å². The predicted octanol–water partition coefficient (Wildman–Crippen LogP) is 0.602. The van der Waals surface area contributed by atoms with Gasteiger partial charge in [0, 0.05) is 25.2 Å². The van der Waals surface area contributed by atoms with Crippen LogP contribution in [-0.2, 0) is 11.2 Å². The van der Waals surface area contributed by atoms with Gasteiger partial charge in [0.2, 0.25) is 5.91 Å². The molecule has 8 heteroatoms. The standard InChI is InChI=1S/C18H16N4O4/c1-9(23)21-6-2-3-10-4-5-11(7-13(10)21)22-14(24)8-12-15(16(22)19)18(26)20-17(12)25/h4-5,7-8H,2-3,6,19H2,1H3,(H,20,25,26). The van der Waals surface area contributed by atoms with Crippen LogP contribution in [0.4, 0.5) is 11.5 Å². The molecule has 2 aliphatic rings. The van der Waals surface area contributed by atoms with E-state index in [2.05, 4.69) is 5.32 Å². The van der Waals surface area contributed by atoms with Crippen molar-refractivity contribution in [3.05, 3.63) is 51.3 Å². The summed E-state index contributed by atoms with van der Waals surface area (Å²) in [6.45, 7) is 2.10. The number of fused-ring (bicyclic) bond motifs is 2. The van der Waals surface area contributed by atoms with Crippen LogP contribution in [0.5, 0.6) is 0 Å². The first-order chi connectivity index (χ1) is 12.4. The third kappa shape index (κ3) is 2.22. The molecule has 4 rings (SSSR count). The Morgan fingerprint density at radius 3 is 2.65 bits per heavy atom. The first-order valence-corrected chi connectivity index (χ1v) is 8.21. The molecule has 1 aromatic heterocycles. The van der Waals surface area contributed by atoms with Crippen molar-refractivity contribution < 1.29 is 14.4 Å². The van der Waals surface area contributed by atoms with E-state index in [1.807, 2.05) is 6.07 Å². The second-order valence-electron chi connectivity index (χ2n) is 6.36. The lowest BCUT2D eigenvalue weighted by Crippen LogP contribution is -2.34. The Labute approximate surface area is 148 Å². The van der Waals surface area contributed by atoms with Gasteiger partial charge in [-0.3, -0.25) is 29.1 Å². The molecule has 3 amide bonds. The lowest BCUT2D eigenvalue weighted by Gasteiger charge is -2.29. The summed E-state index contributed by atoms with van der Waals surface area (Å²) in [6, 6.07) is 6.40. The van der Waals surface area contributed by atoms with E-state index in [1.165, 1.54) is 11.5 Å². The molecule has 0 bridgehead atoms. The molecule has 3 N–H and O–H groups in total. The fourth-order valence-electron chi connectivity index (χ4n) is 3.57. The topological polar surface area (TPSA) is 114 Å². The van der Waals surface area contributed by atoms with Crippen molar-refractivity contribution in [2.75, 3.05) is 17.2 Å². The zero-order valence-electron chi connectivity index (χ0n) is 14.0. The number of nitrogens with zero attached hydrogens (tertiary/aromatic N) is 2. The first-order valence-electron chi connectivity index (χ1n) is 8.21. The molecule has 132 valence electrons. The van der Waals surface area contributed by atoms with Crippen LogP contribution in [-0.4, -0.2) is 28.8 Å². The summed E-state index contributed by atoms with van der Waals surface area (Å²) < 4.78 is 1.18. The van der Waals surface area contributed by atoms with Gasteiger partial charge in [-0.05, 0) is 30.5 Å². The molecule has 2 aliphatic heterocycles. The molecule has 2 aromatic rings. The number of aryl methyl sites for hydroxylation is 1. The number of hydrogen-bond acceptors (Lipinski definition) is 5. The number of carbonyl (C=O) groups excluding carboxylic acids is 3. The SMILES string of the molecule is CC(=O)N1CCCc2ccc(-n3c(N)c4c(cc3=O)C(=O)NC4=O)cc21. The number of imide groups is 1. The minimum Gasteiger partial charge on any atom is -0.384 e. The van der Waals surface area contributed by atoms with E-state index in [9.17, 15) is 19.2 Å². The van der Waals surface area contributed by atoms with E-state index in [0.717, 1.165) is 30.2 Å². The predicted molar refractivity (Wildman–Crippen MR) is 94.6 cm³/mol. The fourth-order valence-corrected chi connectivity index (χ4v) is 3.57. The Hall–Kier alpha value is -3.42. The van der Waals surface area contributed by atoms with Crippen LogP contribution in [0, 0.1) is 0 Å². The molecule has 0 saturated carbocycles. The molecule has 0 aliphatic carbocycles. The molecule has 1 aromatic carbocycles. The van der Waals surface area contributed by atoms with Crippen LogP contribution < -0.4 is 21.5 Å². The first kappa shape index (κ1) is 16.1. The van der Waals surface area contributed by atoms with E-state index in [4.69, 9.17) is 5.73 Å². The van der Waals surface area contributed by atoms with Gasteiger partial charge < -0.3 is 10.6 Å². The van der Waals surface area contributed by atoms with E-state index < -0.39 is 17.4 Å². The number of carbonyl (C=O) groups is 3. The van der Waals surface area contributed by atoms with Crippen molar-refractivity contribution in [3.8, 4) is 5.69 Å². The number of pyridine rings is 1. The Morgan fingerprint density at radius 2 is 1.92 bits per heavy atom. The number of nitrogens with one attached hydrogen (secondary N) is 1. The molecule has 0 fully saturated rings. The molecule has 3 heterocycles. The average Bonchev–Trinajstić information content (AvgIpc) is 2.88. The normalized spacial score (nSPS) is 15.5. The molecule has 0 atom stereocenters. The number of benzene rings is 1. The smallest absolute Gasteiger partial charge is 0.262 e. The van der Waals surface area contributed by atoms with Gasteiger partial charge in [0.05, 0.1) is 16.8 Å². The highest BCUT2D eigenvalue weighted by Gasteiger charge is 2.32. The van der Waals surface area contributed by atoms with Crippen molar-refractivity contribution in [2.24, 2.45) is 0 Å². The number of nitrogen functional groups attached to an aromatic ring is 1. The van der Waals surface area contributed by atoms with Gasteiger partial charge in [-0.2, -0.15) is 0 Å². The molecular weight excluding hydrogens is 336 g/mol.